The van der Waals surface area contributed by atoms with Crippen molar-refractivity contribution in [2.24, 2.45) is 0 Å². The highest BCUT2D eigenvalue weighted by Gasteiger charge is 2.33. The predicted octanol–water partition coefficient (Wildman–Crippen LogP) is 3.55. The second-order valence-electron chi connectivity index (χ2n) is 9.24. The Labute approximate surface area is 220 Å². The third-order valence-corrected chi connectivity index (χ3v) is 6.55. The summed E-state index contributed by atoms with van der Waals surface area (Å²) in [4.78, 5) is 25.3. The summed E-state index contributed by atoms with van der Waals surface area (Å²) in [5, 5.41) is 15.7. The van der Waals surface area contributed by atoms with E-state index in [1.807, 2.05) is 54.6 Å². The van der Waals surface area contributed by atoms with Crippen LogP contribution in [0, 0.1) is 0 Å². The van der Waals surface area contributed by atoms with Crippen LogP contribution in [0.4, 0.5) is 0 Å². The van der Waals surface area contributed by atoms with E-state index in [9.17, 15) is 14.7 Å². The van der Waals surface area contributed by atoms with Crippen molar-refractivity contribution in [1.29, 1.82) is 0 Å². The van der Waals surface area contributed by atoms with Crippen LogP contribution in [-0.4, -0.2) is 48.6 Å². The maximum Gasteiger partial charge on any atom is 0.251 e. The number of carbonyl (C=O) groups excluding carboxylic acids is 2. The summed E-state index contributed by atoms with van der Waals surface area (Å²) in [7, 11) is 0. The Hall–Kier alpha value is -4.08. The van der Waals surface area contributed by atoms with Crippen LogP contribution < -0.4 is 24.8 Å². The van der Waals surface area contributed by atoms with Gasteiger partial charge in [0.1, 0.15) is 17.6 Å². The average Bonchev–Trinajstić information content (AvgIpc) is 3.42. The summed E-state index contributed by atoms with van der Waals surface area (Å²) in [6.07, 6.45) is 0.405. The first-order chi connectivity index (χ1) is 18.6. The first kappa shape index (κ1) is 25.6. The Balaban J connectivity index is 1.07. The molecule has 3 aromatic carbocycles. The summed E-state index contributed by atoms with van der Waals surface area (Å²) in [5.74, 6) is 2.18. The SMILES string of the molecule is O=C(C[C@H]1CC[C@@H](NC(=O)c2ccc3c(c2)OCO3)[C@H](CO)O1)NCc1ccc(Oc2ccccc2)cc1. The molecule has 1 fully saturated rings. The molecule has 3 N–H and O–H groups in total. The van der Waals surface area contributed by atoms with Crippen LogP contribution in [0.3, 0.4) is 0 Å². The van der Waals surface area contributed by atoms with Crippen LogP contribution >= 0.6 is 0 Å². The number of fused-ring (bicyclic) bond motifs is 1. The zero-order valence-electron chi connectivity index (χ0n) is 20.8. The van der Waals surface area contributed by atoms with E-state index in [0.29, 0.717) is 36.4 Å². The summed E-state index contributed by atoms with van der Waals surface area (Å²) in [6, 6.07) is 21.7. The molecule has 2 aliphatic rings. The van der Waals surface area contributed by atoms with Gasteiger partial charge in [-0.2, -0.15) is 0 Å². The predicted molar refractivity (Wildman–Crippen MR) is 138 cm³/mol. The molecular formula is C29H30N2O7. The number of aliphatic hydroxyl groups excluding tert-OH is 1. The molecule has 0 spiro atoms. The number of ether oxygens (including phenoxy) is 4. The highest BCUT2D eigenvalue weighted by atomic mass is 16.7. The van der Waals surface area contributed by atoms with Gasteiger partial charge in [-0.3, -0.25) is 9.59 Å². The first-order valence-corrected chi connectivity index (χ1v) is 12.6. The molecule has 3 atom stereocenters. The van der Waals surface area contributed by atoms with Crippen LogP contribution in [0.15, 0.2) is 72.8 Å². The van der Waals surface area contributed by atoms with Crippen LogP contribution in [0.25, 0.3) is 0 Å². The number of aliphatic hydroxyl groups is 1. The number of hydrogen-bond donors (Lipinski definition) is 3. The van der Waals surface area contributed by atoms with E-state index < -0.39 is 6.10 Å². The van der Waals surface area contributed by atoms with Crippen molar-refractivity contribution in [2.45, 2.75) is 44.1 Å². The van der Waals surface area contributed by atoms with E-state index in [1.165, 1.54) is 0 Å². The van der Waals surface area contributed by atoms with Crippen LogP contribution in [0.2, 0.25) is 0 Å². The van der Waals surface area contributed by atoms with Crippen molar-refractivity contribution in [3.63, 3.8) is 0 Å². The van der Waals surface area contributed by atoms with Crippen molar-refractivity contribution in [3.05, 3.63) is 83.9 Å². The number of para-hydroxylation sites is 1. The molecular weight excluding hydrogens is 488 g/mol. The molecule has 1 saturated heterocycles. The molecule has 2 amide bonds. The quantitative estimate of drug-likeness (QED) is 0.397. The van der Waals surface area contributed by atoms with Crippen LogP contribution in [0.1, 0.15) is 35.2 Å². The van der Waals surface area contributed by atoms with Crippen LogP contribution in [0.5, 0.6) is 23.0 Å². The zero-order valence-corrected chi connectivity index (χ0v) is 20.8. The molecule has 0 saturated carbocycles. The van der Waals surface area contributed by atoms with E-state index >= 15 is 0 Å². The van der Waals surface area contributed by atoms with Gasteiger partial charge in [0.2, 0.25) is 12.7 Å². The van der Waals surface area contributed by atoms with Gasteiger partial charge in [0.25, 0.3) is 5.91 Å². The van der Waals surface area contributed by atoms with Gasteiger partial charge in [-0.05, 0) is 60.9 Å². The Bertz CT molecular complexity index is 1250. The minimum absolute atomic E-state index is 0.133. The minimum Gasteiger partial charge on any atom is -0.457 e. The van der Waals surface area contributed by atoms with E-state index in [2.05, 4.69) is 10.6 Å². The van der Waals surface area contributed by atoms with Crippen molar-refractivity contribution < 1.29 is 33.6 Å². The maximum atomic E-state index is 12.7. The molecule has 0 aromatic heterocycles. The average molecular weight is 519 g/mol. The Morgan fingerprint density at radius 1 is 0.921 bits per heavy atom. The lowest BCUT2D eigenvalue weighted by Gasteiger charge is -2.36. The molecule has 3 aromatic rings. The summed E-state index contributed by atoms with van der Waals surface area (Å²) in [5.41, 5.74) is 1.38. The second-order valence-corrected chi connectivity index (χ2v) is 9.24. The van der Waals surface area contributed by atoms with Crippen molar-refractivity contribution in [1.82, 2.24) is 10.6 Å². The zero-order chi connectivity index (χ0) is 26.3. The lowest BCUT2D eigenvalue weighted by Crippen LogP contribution is -2.51. The molecule has 2 aliphatic heterocycles. The molecule has 5 rings (SSSR count). The topological polar surface area (TPSA) is 115 Å². The van der Waals surface area contributed by atoms with E-state index in [0.717, 1.165) is 17.1 Å². The number of amides is 2. The minimum atomic E-state index is -0.600. The van der Waals surface area contributed by atoms with Gasteiger partial charge in [-0.25, -0.2) is 0 Å². The highest BCUT2D eigenvalue weighted by Crippen LogP contribution is 2.32. The molecule has 2 heterocycles. The van der Waals surface area contributed by atoms with Gasteiger partial charge in [-0.15, -0.1) is 0 Å². The van der Waals surface area contributed by atoms with Gasteiger partial charge in [0.05, 0.1) is 25.2 Å². The van der Waals surface area contributed by atoms with Gasteiger partial charge in [0.15, 0.2) is 11.5 Å². The van der Waals surface area contributed by atoms with Gasteiger partial charge < -0.3 is 34.7 Å². The number of hydrogen-bond acceptors (Lipinski definition) is 7. The molecule has 0 aliphatic carbocycles. The van der Waals surface area contributed by atoms with Gasteiger partial charge in [0, 0.05) is 12.1 Å². The summed E-state index contributed by atoms with van der Waals surface area (Å²) in [6.45, 7) is 0.255. The third kappa shape index (κ3) is 6.42. The molecule has 9 heteroatoms. The fourth-order valence-corrected chi connectivity index (χ4v) is 4.52. The highest BCUT2D eigenvalue weighted by molar-refractivity contribution is 5.95. The monoisotopic (exact) mass is 518 g/mol. The van der Waals surface area contributed by atoms with Crippen molar-refractivity contribution in [3.8, 4) is 23.0 Å². The second kappa shape index (κ2) is 12.0. The molecule has 198 valence electrons. The number of carbonyl (C=O) groups is 2. The normalized spacial score (nSPS) is 20.0. The Kier molecular flexibility index (Phi) is 8.06. The molecule has 0 unspecified atom stereocenters. The fourth-order valence-electron chi connectivity index (χ4n) is 4.52. The molecule has 9 nitrogen and oxygen atoms in total. The lowest BCUT2D eigenvalue weighted by atomic mass is 9.96. The fraction of sp³-hybridized carbons (Fsp3) is 0.310. The van der Waals surface area contributed by atoms with E-state index in [-0.39, 0.29) is 43.8 Å². The van der Waals surface area contributed by atoms with E-state index in [4.69, 9.17) is 18.9 Å². The Morgan fingerprint density at radius 2 is 1.68 bits per heavy atom. The number of nitrogens with one attached hydrogen (secondary N) is 2. The number of benzene rings is 3. The largest absolute Gasteiger partial charge is 0.457 e. The van der Waals surface area contributed by atoms with Crippen molar-refractivity contribution >= 4 is 11.8 Å². The Morgan fingerprint density at radius 3 is 2.47 bits per heavy atom. The summed E-state index contributed by atoms with van der Waals surface area (Å²) < 4.78 is 22.4. The molecule has 0 radical (unpaired) electrons. The van der Waals surface area contributed by atoms with E-state index in [1.54, 1.807) is 18.2 Å². The van der Waals surface area contributed by atoms with Gasteiger partial charge in [-0.1, -0.05) is 30.3 Å². The van der Waals surface area contributed by atoms with Gasteiger partial charge >= 0.3 is 0 Å². The van der Waals surface area contributed by atoms with Crippen LogP contribution in [-0.2, 0) is 16.1 Å². The molecule has 0 bridgehead atoms. The summed E-state index contributed by atoms with van der Waals surface area (Å²) >= 11 is 0. The number of rotatable bonds is 9. The maximum absolute atomic E-state index is 12.7. The molecule has 38 heavy (non-hydrogen) atoms. The lowest BCUT2D eigenvalue weighted by molar-refractivity contribution is -0.131. The first-order valence-electron chi connectivity index (χ1n) is 12.6. The standard InChI is InChI=1S/C29H30N2O7/c32-17-27-24(31-29(34)20-8-13-25-26(14-20)36-18-35-25)12-11-23(38-27)15-28(33)30-16-19-6-9-22(10-7-19)37-21-4-2-1-3-5-21/h1-10,13-14,23-24,27,32H,11-12,15-18H2,(H,30,33)(H,31,34)/t23-,24-,27+/m1/s1. The van der Waals surface area contributed by atoms with Crippen molar-refractivity contribution in [2.75, 3.05) is 13.4 Å². The smallest absolute Gasteiger partial charge is 0.251 e. The third-order valence-electron chi connectivity index (χ3n) is 6.55.